The summed E-state index contributed by atoms with van der Waals surface area (Å²) in [5.74, 6) is -0.418. The molecule has 0 aromatic carbocycles. The van der Waals surface area contributed by atoms with Crippen LogP contribution in [-0.2, 0) is 9.59 Å². The number of carbonyl (C=O) groups excluding carboxylic acids is 1. The number of nitrogens with two attached hydrogens (primary N) is 1. The number of carboxylic acids is 1. The zero-order valence-electron chi connectivity index (χ0n) is 11.4. The molecular formula is C13H26N2O3. The minimum atomic E-state index is -0.747. The lowest BCUT2D eigenvalue weighted by Crippen LogP contribution is -2.41. The molecule has 5 nitrogen and oxygen atoms in total. The summed E-state index contributed by atoms with van der Waals surface area (Å²) in [5, 5.41) is 11.3. The molecule has 0 unspecified atom stereocenters. The number of nitrogens with one attached hydrogen (secondary N) is 1. The highest BCUT2D eigenvalue weighted by Gasteiger charge is 2.13. The molecule has 0 heterocycles. The van der Waals surface area contributed by atoms with Gasteiger partial charge >= 0.3 is 5.97 Å². The lowest BCUT2D eigenvalue weighted by atomic mass is 10.0. The highest BCUT2D eigenvalue weighted by Crippen LogP contribution is 2.04. The summed E-state index contributed by atoms with van der Waals surface area (Å²) in [6.45, 7) is 4.70. The topological polar surface area (TPSA) is 92.4 Å². The van der Waals surface area contributed by atoms with Crippen molar-refractivity contribution in [3.63, 3.8) is 0 Å². The summed E-state index contributed by atoms with van der Waals surface area (Å²) >= 11 is 0. The number of carboxylic acid groups (broad SMARTS) is 1. The quantitative estimate of drug-likeness (QED) is 0.518. The molecule has 5 heteroatoms. The molecule has 0 fully saturated rings. The van der Waals surface area contributed by atoms with Gasteiger partial charge in [0.2, 0.25) is 5.91 Å². The lowest BCUT2D eigenvalue weighted by Gasteiger charge is -2.13. The van der Waals surface area contributed by atoms with E-state index in [1.54, 1.807) is 0 Å². The number of hydrogen-bond acceptors (Lipinski definition) is 3. The molecule has 4 N–H and O–H groups in total. The van der Waals surface area contributed by atoms with Crippen LogP contribution in [0.4, 0.5) is 0 Å². The monoisotopic (exact) mass is 258 g/mol. The molecule has 1 amide bonds. The van der Waals surface area contributed by atoms with Crippen LogP contribution in [0.3, 0.4) is 0 Å². The van der Waals surface area contributed by atoms with Gasteiger partial charge in [0.15, 0.2) is 0 Å². The van der Waals surface area contributed by atoms with Crippen LogP contribution in [0.25, 0.3) is 0 Å². The third kappa shape index (κ3) is 10.1. The van der Waals surface area contributed by atoms with E-state index in [1.165, 1.54) is 0 Å². The van der Waals surface area contributed by atoms with Gasteiger partial charge in [0.05, 0.1) is 6.04 Å². The fourth-order valence-corrected chi connectivity index (χ4v) is 1.71. The van der Waals surface area contributed by atoms with Gasteiger partial charge in [-0.1, -0.05) is 26.7 Å². The largest absolute Gasteiger partial charge is 0.481 e. The molecule has 106 valence electrons. The minimum Gasteiger partial charge on any atom is -0.481 e. The van der Waals surface area contributed by atoms with E-state index in [-0.39, 0.29) is 12.3 Å². The average Bonchev–Trinajstić information content (AvgIpc) is 2.26. The van der Waals surface area contributed by atoms with Crippen LogP contribution in [0, 0.1) is 5.92 Å². The first-order valence-corrected chi connectivity index (χ1v) is 6.68. The standard InChI is InChI=1S/C13H26N2O3/c1-10(2)9-11(14)13(18)15-8-6-4-3-5-7-12(16)17/h10-11H,3-9,14H2,1-2H3,(H,15,18)(H,16,17)/t11-/m0/s1. The van der Waals surface area contributed by atoms with Crippen molar-refractivity contribution in [2.24, 2.45) is 11.7 Å². The van der Waals surface area contributed by atoms with Crippen LogP contribution in [0.5, 0.6) is 0 Å². The SMILES string of the molecule is CC(C)C[C@H](N)C(=O)NCCCCCCC(=O)O. The summed E-state index contributed by atoms with van der Waals surface area (Å²) in [6, 6.07) is -0.419. The van der Waals surface area contributed by atoms with Crippen molar-refractivity contribution in [2.75, 3.05) is 6.54 Å². The van der Waals surface area contributed by atoms with Gasteiger partial charge in [-0.3, -0.25) is 9.59 Å². The highest BCUT2D eigenvalue weighted by molar-refractivity contribution is 5.81. The molecule has 1 atom stereocenters. The second-order valence-corrected chi connectivity index (χ2v) is 5.09. The number of unbranched alkanes of at least 4 members (excludes halogenated alkanes) is 3. The average molecular weight is 258 g/mol. The predicted octanol–water partition coefficient (Wildman–Crippen LogP) is 1.51. The van der Waals surface area contributed by atoms with Crippen molar-refractivity contribution in [3.8, 4) is 0 Å². The number of rotatable bonds is 10. The summed E-state index contributed by atoms with van der Waals surface area (Å²) in [7, 11) is 0. The Kier molecular flexibility index (Phi) is 9.28. The van der Waals surface area contributed by atoms with Crippen molar-refractivity contribution in [3.05, 3.63) is 0 Å². The summed E-state index contributed by atoms with van der Waals surface area (Å²) in [4.78, 5) is 21.8. The van der Waals surface area contributed by atoms with Crippen LogP contribution in [0.1, 0.15) is 52.4 Å². The zero-order chi connectivity index (χ0) is 14.0. The maximum atomic E-state index is 11.5. The second-order valence-electron chi connectivity index (χ2n) is 5.09. The van der Waals surface area contributed by atoms with E-state index in [0.29, 0.717) is 25.3 Å². The highest BCUT2D eigenvalue weighted by atomic mass is 16.4. The smallest absolute Gasteiger partial charge is 0.303 e. The Labute approximate surface area is 109 Å². The van der Waals surface area contributed by atoms with Gasteiger partial charge in [-0.2, -0.15) is 0 Å². The normalized spacial score (nSPS) is 12.4. The van der Waals surface area contributed by atoms with Gasteiger partial charge in [-0.15, -0.1) is 0 Å². The van der Waals surface area contributed by atoms with E-state index >= 15 is 0 Å². The van der Waals surface area contributed by atoms with E-state index in [2.05, 4.69) is 5.32 Å². The van der Waals surface area contributed by atoms with Gasteiger partial charge in [-0.25, -0.2) is 0 Å². The third-order valence-electron chi connectivity index (χ3n) is 2.68. The molecular weight excluding hydrogens is 232 g/mol. The minimum absolute atomic E-state index is 0.0887. The van der Waals surface area contributed by atoms with E-state index in [1.807, 2.05) is 13.8 Å². The Morgan fingerprint density at radius 3 is 2.33 bits per heavy atom. The lowest BCUT2D eigenvalue weighted by molar-refractivity contribution is -0.137. The van der Waals surface area contributed by atoms with E-state index in [4.69, 9.17) is 10.8 Å². The fourth-order valence-electron chi connectivity index (χ4n) is 1.71. The van der Waals surface area contributed by atoms with Gasteiger partial charge in [0.25, 0.3) is 0 Å². The molecule has 0 aliphatic carbocycles. The molecule has 0 aliphatic heterocycles. The molecule has 0 bridgehead atoms. The Balaban J connectivity index is 3.43. The molecule has 0 aliphatic rings. The first-order chi connectivity index (χ1) is 8.43. The van der Waals surface area contributed by atoms with Gasteiger partial charge in [-0.05, 0) is 25.2 Å². The van der Waals surface area contributed by atoms with E-state index in [9.17, 15) is 9.59 Å². The van der Waals surface area contributed by atoms with Gasteiger partial charge in [0, 0.05) is 13.0 Å². The van der Waals surface area contributed by atoms with E-state index in [0.717, 1.165) is 19.3 Å². The van der Waals surface area contributed by atoms with Gasteiger partial charge < -0.3 is 16.2 Å². The van der Waals surface area contributed by atoms with Crippen LogP contribution >= 0.6 is 0 Å². The Hall–Kier alpha value is -1.10. The number of hydrogen-bond donors (Lipinski definition) is 3. The molecule has 0 saturated heterocycles. The summed E-state index contributed by atoms with van der Waals surface area (Å²) in [6.07, 6.45) is 4.33. The number of carbonyl (C=O) groups is 2. The van der Waals surface area contributed by atoms with Crippen molar-refractivity contribution in [2.45, 2.75) is 58.4 Å². The van der Waals surface area contributed by atoms with Crippen molar-refractivity contribution in [1.29, 1.82) is 0 Å². The maximum absolute atomic E-state index is 11.5. The van der Waals surface area contributed by atoms with E-state index < -0.39 is 12.0 Å². The molecule has 0 aromatic heterocycles. The maximum Gasteiger partial charge on any atom is 0.303 e. The van der Waals surface area contributed by atoms with Crippen LogP contribution in [0.15, 0.2) is 0 Å². The molecule has 0 saturated carbocycles. The number of aliphatic carboxylic acids is 1. The van der Waals surface area contributed by atoms with Crippen molar-refractivity contribution < 1.29 is 14.7 Å². The Morgan fingerprint density at radius 2 is 1.78 bits per heavy atom. The zero-order valence-corrected chi connectivity index (χ0v) is 11.4. The summed E-state index contributed by atoms with van der Waals surface area (Å²) in [5.41, 5.74) is 5.74. The molecule has 18 heavy (non-hydrogen) atoms. The van der Waals surface area contributed by atoms with Gasteiger partial charge in [0.1, 0.15) is 0 Å². The summed E-state index contributed by atoms with van der Waals surface area (Å²) < 4.78 is 0. The molecule has 0 radical (unpaired) electrons. The third-order valence-corrected chi connectivity index (χ3v) is 2.68. The Morgan fingerprint density at radius 1 is 1.17 bits per heavy atom. The Bertz CT molecular complexity index is 255. The predicted molar refractivity (Wildman–Crippen MR) is 71.2 cm³/mol. The van der Waals surface area contributed by atoms with Crippen LogP contribution < -0.4 is 11.1 Å². The van der Waals surface area contributed by atoms with Crippen LogP contribution in [-0.4, -0.2) is 29.6 Å². The van der Waals surface area contributed by atoms with Crippen molar-refractivity contribution in [1.82, 2.24) is 5.32 Å². The first kappa shape index (κ1) is 16.9. The fraction of sp³-hybridized carbons (Fsp3) is 0.846. The second kappa shape index (κ2) is 9.88. The molecule has 0 spiro atoms. The first-order valence-electron chi connectivity index (χ1n) is 6.68. The van der Waals surface area contributed by atoms with Crippen molar-refractivity contribution >= 4 is 11.9 Å². The number of amides is 1. The van der Waals surface area contributed by atoms with Crippen LogP contribution in [0.2, 0.25) is 0 Å². The molecule has 0 aromatic rings. The molecule has 0 rings (SSSR count).